The Hall–Kier alpha value is -2.24. The number of carbonyl (C=O) groups excluding carboxylic acids is 1. The molecule has 2 aromatic rings. The van der Waals surface area contributed by atoms with E-state index in [4.69, 9.17) is 5.73 Å². The van der Waals surface area contributed by atoms with Gasteiger partial charge in [-0.25, -0.2) is 8.78 Å². The molecule has 2 N–H and O–H groups in total. The molecule has 94 valence electrons. The van der Waals surface area contributed by atoms with Crippen molar-refractivity contribution in [2.75, 3.05) is 5.73 Å². The van der Waals surface area contributed by atoms with Gasteiger partial charge in [-0.2, -0.15) is 5.10 Å². The highest BCUT2D eigenvalue weighted by atomic mass is 19.2. The van der Waals surface area contributed by atoms with Crippen molar-refractivity contribution in [3.8, 4) is 0 Å². The minimum Gasteiger partial charge on any atom is -0.383 e. The molecule has 0 aliphatic carbocycles. The van der Waals surface area contributed by atoms with Crippen LogP contribution in [0.15, 0.2) is 24.4 Å². The molecule has 0 bridgehead atoms. The van der Waals surface area contributed by atoms with Crippen LogP contribution in [0, 0.1) is 11.6 Å². The Morgan fingerprint density at radius 2 is 2.17 bits per heavy atom. The summed E-state index contributed by atoms with van der Waals surface area (Å²) in [5.41, 5.74) is 5.85. The number of nitrogen functional groups attached to an aromatic ring is 1. The van der Waals surface area contributed by atoms with Crippen LogP contribution in [0.5, 0.6) is 0 Å². The lowest BCUT2D eigenvalue weighted by atomic mass is 10.0. The molecule has 0 spiro atoms. The van der Waals surface area contributed by atoms with Crippen LogP contribution in [0.4, 0.5) is 14.6 Å². The number of hydrogen-bond acceptors (Lipinski definition) is 3. The summed E-state index contributed by atoms with van der Waals surface area (Å²) >= 11 is 0. The van der Waals surface area contributed by atoms with Gasteiger partial charge in [-0.3, -0.25) is 9.48 Å². The number of aryl methyl sites for hydroxylation is 1. The zero-order valence-corrected chi connectivity index (χ0v) is 9.65. The van der Waals surface area contributed by atoms with Gasteiger partial charge in [-0.05, 0) is 11.6 Å². The van der Waals surface area contributed by atoms with E-state index >= 15 is 0 Å². The van der Waals surface area contributed by atoms with Crippen LogP contribution < -0.4 is 5.73 Å². The number of rotatable bonds is 3. The molecular formula is C12H11F2N3O. The molecule has 1 heterocycles. The van der Waals surface area contributed by atoms with Crippen LogP contribution in [0.1, 0.15) is 15.9 Å². The van der Waals surface area contributed by atoms with E-state index in [1.807, 2.05) is 0 Å². The van der Waals surface area contributed by atoms with Crippen LogP contribution >= 0.6 is 0 Å². The third kappa shape index (κ3) is 2.09. The number of nitrogens with two attached hydrogens (primary N) is 1. The number of anilines is 1. The van der Waals surface area contributed by atoms with E-state index in [-0.39, 0.29) is 23.4 Å². The summed E-state index contributed by atoms with van der Waals surface area (Å²) in [5, 5.41) is 3.82. The van der Waals surface area contributed by atoms with E-state index in [2.05, 4.69) is 5.10 Å². The maximum Gasteiger partial charge on any atom is 0.172 e. The van der Waals surface area contributed by atoms with Gasteiger partial charge < -0.3 is 5.73 Å². The molecule has 0 saturated heterocycles. The average molecular weight is 251 g/mol. The van der Waals surface area contributed by atoms with Crippen molar-refractivity contribution in [3.63, 3.8) is 0 Å². The van der Waals surface area contributed by atoms with Crippen molar-refractivity contribution in [2.24, 2.45) is 7.05 Å². The molecular weight excluding hydrogens is 240 g/mol. The number of carbonyl (C=O) groups is 1. The van der Waals surface area contributed by atoms with Crippen molar-refractivity contribution in [3.05, 3.63) is 47.2 Å². The van der Waals surface area contributed by atoms with Gasteiger partial charge in [-0.15, -0.1) is 0 Å². The molecule has 0 amide bonds. The van der Waals surface area contributed by atoms with Crippen molar-refractivity contribution in [2.45, 2.75) is 6.42 Å². The first-order chi connectivity index (χ1) is 8.50. The average Bonchev–Trinajstić information content (AvgIpc) is 2.66. The lowest BCUT2D eigenvalue weighted by Crippen LogP contribution is -2.09. The number of halogens is 2. The summed E-state index contributed by atoms with van der Waals surface area (Å²) < 4.78 is 27.7. The van der Waals surface area contributed by atoms with Gasteiger partial charge in [0.25, 0.3) is 0 Å². The number of ketones is 1. The summed E-state index contributed by atoms with van der Waals surface area (Å²) in [4.78, 5) is 11.9. The Balaban J connectivity index is 2.27. The standard InChI is InChI=1S/C12H11F2N3O/c1-17-12(15)8(6-16-17)10(18)5-7-3-2-4-9(13)11(7)14/h2-4,6H,5,15H2,1H3. The van der Waals surface area contributed by atoms with E-state index < -0.39 is 17.4 Å². The first kappa shape index (κ1) is 12.2. The van der Waals surface area contributed by atoms with Crippen LogP contribution in [0.3, 0.4) is 0 Å². The highest BCUT2D eigenvalue weighted by Crippen LogP contribution is 2.17. The third-order valence-electron chi connectivity index (χ3n) is 2.67. The molecule has 0 radical (unpaired) electrons. The van der Waals surface area contributed by atoms with E-state index in [1.54, 1.807) is 7.05 Å². The number of aromatic nitrogens is 2. The van der Waals surface area contributed by atoms with Gasteiger partial charge in [0.2, 0.25) is 0 Å². The van der Waals surface area contributed by atoms with Crippen LogP contribution in [0.25, 0.3) is 0 Å². The Bertz CT molecular complexity index is 607. The Labute approximate surface area is 102 Å². The SMILES string of the molecule is Cn1ncc(C(=O)Cc2cccc(F)c2F)c1N. The molecule has 0 aliphatic heterocycles. The highest BCUT2D eigenvalue weighted by Gasteiger charge is 2.17. The third-order valence-corrected chi connectivity index (χ3v) is 2.67. The van der Waals surface area contributed by atoms with E-state index in [1.165, 1.54) is 23.0 Å². The normalized spacial score (nSPS) is 10.6. The number of hydrogen-bond donors (Lipinski definition) is 1. The molecule has 1 aromatic carbocycles. The number of benzene rings is 1. The van der Waals surface area contributed by atoms with Crippen LogP contribution in [0.2, 0.25) is 0 Å². The number of nitrogens with zero attached hydrogens (tertiary/aromatic N) is 2. The molecule has 1 aromatic heterocycles. The molecule has 0 unspecified atom stereocenters. The maximum atomic E-state index is 13.4. The summed E-state index contributed by atoms with van der Waals surface area (Å²) in [6, 6.07) is 3.72. The second kappa shape index (κ2) is 4.56. The van der Waals surface area contributed by atoms with Gasteiger partial charge in [-0.1, -0.05) is 12.1 Å². The molecule has 4 nitrogen and oxygen atoms in total. The van der Waals surface area contributed by atoms with Crippen molar-refractivity contribution >= 4 is 11.6 Å². The zero-order chi connectivity index (χ0) is 13.3. The second-order valence-electron chi connectivity index (χ2n) is 3.88. The number of Topliss-reactive ketones (excluding diaryl/α,β-unsaturated/α-hetero) is 1. The summed E-state index contributed by atoms with van der Waals surface area (Å²) in [6.07, 6.45) is 1.06. The largest absolute Gasteiger partial charge is 0.383 e. The summed E-state index contributed by atoms with van der Waals surface area (Å²) in [7, 11) is 1.59. The van der Waals surface area contributed by atoms with E-state index in [0.717, 1.165) is 6.07 Å². The Kier molecular flexibility index (Phi) is 3.10. The molecule has 0 fully saturated rings. The first-order valence-electron chi connectivity index (χ1n) is 5.24. The monoisotopic (exact) mass is 251 g/mol. The molecule has 0 atom stereocenters. The van der Waals surface area contributed by atoms with Gasteiger partial charge in [0, 0.05) is 13.5 Å². The van der Waals surface area contributed by atoms with Crippen molar-refractivity contribution in [1.29, 1.82) is 0 Å². The molecule has 0 saturated carbocycles. The van der Waals surface area contributed by atoms with Gasteiger partial charge >= 0.3 is 0 Å². The van der Waals surface area contributed by atoms with Crippen LogP contribution in [-0.4, -0.2) is 15.6 Å². The van der Waals surface area contributed by atoms with E-state index in [0.29, 0.717) is 0 Å². The topological polar surface area (TPSA) is 60.9 Å². The molecule has 6 heteroatoms. The minimum atomic E-state index is -1.01. The fourth-order valence-electron chi connectivity index (χ4n) is 1.62. The molecule has 18 heavy (non-hydrogen) atoms. The summed E-state index contributed by atoms with van der Waals surface area (Å²) in [6.45, 7) is 0. The van der Waals surface area contributed by atoms with Crippen molar-refractivity contribution in [1.82, 2.24) is 9.78 Å². The van der Waals surface area contributed by atoms with Gasteiger partial charge in [0.1, 0.15) is 5.82 Å². The Morgan fingerprint density at radius 3 is 2.78 bits per heavy atom. The fraction of sp³-hybridized carbons (Fsp3) is 0.167. The lowest BCUT2D eigenvalue weighted by Gasteiger charge is -2.03. The molecule has 2 rings (SSSR count). The molecule has 0 aliphatic rings. The highest BCUT2D eigenvalue weighted by molar-refractivity contribution is 6.01. The predicted octanol–water partition coefficient (Wildman–Crippen LogP) is 1.71. The van der Waals surface area contributed by atoms with Crippen LogP contribution in [-0.2, 0) is 13.5 Å². The maximum absolute atomic E-state index is 13.4. The second-order valence-corrected chi connectivity index (χ2v) is 3.88. The lowest BCUT2D eigenvalue weighted by molar-refractivity contribution is 0.0992. The van der Waals surface area contributed by atoms with E-state index in [9.17, 15) is 13.6 Å². The Morgan fingerprint density at radius 1 is 1.44 bits per heavy atom. The predicted molar refractivity (Wildman–Crippen MR) is 62.0 cm³/mol. The smallest absolute Gasteiger partial charge is 0.172 e. The van der Waals surface area contributed by atoms with Gasteiger partial charge in [0.05, 0.1) is 11.8 Å². The zero-order valence-electron chi connectivity index (χ0n) is 9.65. The summed E-state index contributed by atoms with van der Waals surface area (Å²) in [5.74, 6) is -2.17. The quantitative estimate of drug-likeness (QED) is 0.845. The minimum absolute atomic E-state index is 0.00301. The fourth-order valence-corrected chi connectivity index (χ4v) is 1.62. The van der Waals surface area contributed by atoms with Crippen molar-refractivity contribution < 1.29 is 13.6 Å². The first-order valence-corrected chi connectivity index (χ1v) is 5.24. The van der Waals surface area contributed by atoms with Gasteiger partial charge in [0.15, 0.2) is 17.4 Å².